The number of carbonyl (C=O) groups excluding carboxylic acids is 2. The summed E-state index contributed by atoms with van der Waals surface area (Å²) in [5.74, 6) is 0.131. The molecule has 1 aromatic heterocycles. The fraction of sp³-hybridized carbons (Fsp3) is 0.389. The van der Waals surface area contributed by atoms with Crippen LogP contribution >= 0.6 is 0 Å². The fourth-order valence-electron chi connectivity index (χ4n) is 5.30. The summed E-state index contributed by atoms with van der Waals surface area (Å²) in [6.45, 7) is 10.1. The van der Waals surface area contributed by atoms with Crippen LogP contribution in [0.2, 0.25) is 0 Å². The standard InChI is InChI=1S/C36H45N3O2/c1-5-6-7-10-29-17-19-31(20-18-29)36(41)39(24-27(2)3)26-35(40)38(25-30-15-13-28(4)14-16-30)22-21-32-23-37-34-12-9-8-11-33(32)34/h8-9,11-20,23,27,37H,5-7,10,21-22,24-26H2,1-4H3. The Balaban J connectivity index is 1.50. The molecule has 0 radical (unpaired) electrons. The Morgan fingerprint density at radius 2 is 1.54 bits per heavy atom. The number of H-pyrrole nitrogens is 1. The molecule has 0 bridgehead atoms. The third-order valence-electron chi connectivity index (χ3n) is 7.64. The van der Waals surface area contributed by atoms with Gasteiger partial charge in [-0.2, -0.15) is 0 Å². The van der Waals surface area contributed by atoms with Gasteiger partial charge in [0.2, 0.25) is 5.91 Å². The summed E-state index contributed by atoms with van der Waals surface area (Å²) >= 11 is 0. The molecule has 0 unspecified atom stereocenters. The molecule has 41 heavy (non-hydrogen) atoms. The van der Waals surface area contributed by atoms with Gasteiger partial charge in [0.1, 0.15) is 6.54 Å². The monoisotopic (exact) mass is 551 g/mol. The maximum Gasteiger partial charge on any atom is 0.254 e. The van der Waals surface area contributed by atoms with Crippen LogP contribution in [-0.2, 0) is 24.2 Å². The Morgan fingerprint density at radius 3 is 2.24 bits per heavy atom. The number of hydrogen-bond donors (Lipinski definition) is 1. The number of aryl methyl sites for hydroxylation is 2. The molecule has 4 aromatic rings. The van der Waals surface area contributed by atoms with Crippen molar-refractivity contribution in [1.29, 1.82) is 0 Å². The number of nitrogens with one attached hydrogen (secondary N) is 1. The predicted molar refractivity (Wildman–Crippen MR) is 169 cm³/mol. The third kappa shape index (κ3) is 8.56. The number of para-hydroxylation sites is 1. The van der Waals surface area contributed by atoms with Crippen molar-refractivity contribution in [3.05, 3.63) is 107 Å². The van der Waals surface area contributed by atoms with E-state index < -0.39 is 0 Å². The van der Waals surface area contributed by atoms with E-state index in [9.17, 15) is 9.59 Å². The number of nitrogens with zero attached hydrogens (tertiary/aromatic N) is 2. The van der Waals surface area contributed by atoms with Gasteiger partial charge < -0.3 is 14.8 Å². The maximum atomic E-state index is 13.9. The van der Waals surface area contributed by atoms with Gasteiger partial charge >= 0.3 is 0 Å². The van der Waals surface area contributed by atoms with Crippen LogP contribution in [0.15, 0.2) is 79.0 Å². The highest BCUT2D eigenvalue weighted by atomic mass is 16.2. The largest absolute Gasteiger partial charge is 0.361 e. The summed E-state index contributed by atoms with van der Waals surface area (Å²) in [4.78, 5) is 34.5. The van der Waals surface area contributed by atoms with E-state index in [1.165, 1.54) is 34.9 Å². The lowest BCUT2D eigenvalue weighted by molar-refractivity contribution is -0.132. The predicted octanol–water partition coefficient (Wildman–Crippen LogP) is 7.58. The van der Waals surface area contributed by atoms with E-state index in [2.05, 4.69) is 81.2 Å². The van der Waals surface area contributed by atoms with Crippen molar-refractivity contribution in [1.82, 2.24) is 14.8 Å². The van der Waals surface area contributed by atoms with Gasteiger partial charge in [0, 0.05) is 42.3 Å². The second-order valence-electron chi connectivity index (χ2n) is 11.6. The minimum absolute atomic E-state index is 0.0318. The topological polar surface area (TPSA) is 56.4 Å². The lowest BCUT2D eigenvalue weighted by atomic mass is 10.0. The molecule has 0 aliphatic heterocycles. The first kappa shape index (κ1) is 30.1. The van der Waals surface area contributed by atoms with Crippen LogP contribution in [0.3, 0.4) is 0 Å². The van der Waals surface area contributed by atoms with Crippen molar-refractivity contribution in [2.24, 2.45) is 5.92 Å². The Kier molecular flexibility index (Phi) is 10.8. The average molecular weight is 552 g/mol. The van der Waals surface area contributed by atoms with E-state index in [4.69, 9.17) is 0 Å². The zero-order valence-electron chi connectivity index (χ0n) is 25.2. The molecule has 0 fully saturated rings. The molecule has 0 atom stereocenters. The summed E-state index contributed by atoms with van der Waals surface area (Å²) < 4.78 is 0. The second kappa shape index (κ2) is 14.7. The van der Waals surface area contributed by atoms with Crippen LogP contribution in [0.5, 0.6) is 0 Å². The molecule has 2 amide bonds. The van der Waals surface area contributed by atoms with Gasteiger partial charge in [-0.05, 0) is 67.0 Å². The zero-order valence-corrected chi connectivity index (χ0v) is 25.2. The van der Waals surface area contributed by atoms with Gasteiger partial charge in [-0.25, -0.2) is 0 Å². The van der Waals surface area contributed by atoms with Crippen molar-refractivity contribution in [2.45, 2.75) is 66.3 Å². The molecule has 0 aliphatic rings. The number of unbranched alkanes of at least 4 members (excludes halogenated alkanes) is 2. The number of aromatic nitrogens is 1. The van der Waals surface area contributed by atoms with Gasteiger partial charge in [0.25, 0.3) is 5.91 Å². The minimum atomic E-state index is -0.0842. The molecule has 0 spiro atoms. The normalized spacial score (nSPS) is 11.2. The molecule has 5 nitrogen and oxygen atoms in total. The minimum Gasteiger partial charge on any atom is -0.361 e. The highest BCUT2D eigenvalue weighted by Gasteiger charge is 2.24. The van der Waals surface area contributed by atoms with E-state index >= 15 is 0 Å². The van der Waals surface area contributed by atoms with Gasteiger partial charge in [0.15, 0.2) is 0 Å². The number of fused-ring (bicyclic) bond motifs is 1. The second-order valence-corrected chi connectivity index (χ2v) is 11.6. The van der Waals surface area contributed by atoms with E-state index in [0.717, 1.165) is 30.3 Å². The van der Waals surface area contributed by atoms with E-state index in [1.54, 1.807) is 4.90 Å². The number of hydrogen-bond acceptors (Lipinski definition) is 2. The molecule has 216 valence electrons. The zero-order chi connectivity index (χ0) is 29.2. The van der Waals surface area contributed by atoms with Gasteiger partial charge in [-0.1, -0.05) is 93.8 Å². The summed E-state index contributed by atoms with van der Waals surface area (Å²) in [6, 6.07) is 24.5. The van der Waals surface area contributed by atoms with Crippen molar-refractivity contribution < 1.29 is 9.59 Å². The van der Waals surface area contributed by atoms with Crippen LogP contribution in [0.1, 0.15) is 72.6 Å². The van der Waals surface area contributed by atoms with Crippen molar-refractivity contribution >= 4 is 22.7 Å². The molecular weight excluding hydrogens is 506 g/mol. The van der Waals surface area contributed by atoms with Crippen molar-refractivity contribution in [2.75, 3.05) is 19.6 Å². The summed E-state index contributed by atoms with van der Waals surface area (Å²) in [7, 11) is 0. The lowest BCUT2D eigenvalue weighted by Crippen LogP contribution is -2.44. The van der Waals surface area contributed by atoms with Crippen LogP contribution in [0, 0.1) is 12.8 Å². The Bertz CT molecular complexity index is 1400. The first-order chi connectivity index (χ1) is 19.8. The number of amides is 2. The maximum absolute atomic E-state index is 13.9. The van der Waals surface area contributed by atoms with Gasteiger partial charge in [-0.15, -0.1) is 0 Å². The van der Waals surface area contributed by atoms with Crippen LogP contribution in [0.25, 0.3) is 10.9 Å². The molecular formula is C36H45N3O2. The molecule has 0 saturated carbocycles. The number of carbonyl (C=O) groups is 2. The van der Waals surface area contributed by atoms with Gasteiger partial charge in [0.05, 0.1) is 0 Å². The first-order valence-electron chi connectivity index (χ1n) is 15.1. The number of rotatable bonds is 14. The number of aromatic amines is 1. The molecule has 0 saturated heterocycles. The van der Waals surface area contributed by atoms with E-state index in [0.29, 0.717) is 25.2 Å². The molecule has 4 rings (SSSR count). The van der Waals surface area contributed by atoms with Crippen LogP contribution in [0.4, 0.5) is 0 Å². The summed E-state index contributed by atoms with van der Waals surface area (Å²) in [5.41, 5.74) is 6.46. The number of benzene rings is 3. The summed E-state index contributed by atoms with van der Waals surface area (Å²) in [6.07, 6.45) is 7.37. The SMILES string of the molecule is CCCCCc1ccc(C(=O)N(CC(=O)N(CCc2c[nH]c3ccccc23)Cc2ccc(C)cc2)CC(C)C)cc1. The molecule has 0 aliphatic carbocycles. The smallest absolute Gasteiger partial charge is 0.254 e. The lowest BCUT2D eigenvalue weighted by Gasteiger charge is -2.29. The quantitative estimate of drug-likeness (QED) is 0.164. The third-order valence-corrected chi connectivity index (χ3v) is 7.64. The van der Waals surface area contributed by atoms with Crippen LogP contribution < -0.4 is 0 Å². The van der Waals surface area contributed by atoms with Crippen LogP contribution in [-0.4, -0.2) is 46.2 Å². The van der Waals surface area contributed by atoms with E-state index in [-0.39, 0.29) is 24.3 Å². The average Bonchev–Trinajstić information content (AvgIpc) is 3.39. The Labute approximate surface area is 245 Å². The van der Waals surface area contributed by atoms with Crippen molar-refractivity contribution in [3.8, 4) is 0 Å². The molecule has 1 heterocycles. The highest BCUT2D eigenvalue weighted by Crippen LogP contribution is 2.19. The van der Waals surface area contributed by atoms with Gasteiger partial charge in [-0.3, -0.25) is 9.59 Å². The van der Waals surface area contributed by atoms with Crippen molar-refractivity contribution in [3.63, 3.8) is 0 Å². The molecule has 5 heteroatoms. The Morgan fingerprint density at radius 1 is 0.829 bits per heavy atom. The highest BCUT2D eigenvalue weighted by molar-refractivity contribution is 5.96. The summed E-state index contributed by atoms with van der Waals surface area (Å²) in [5, 5.41) is 1.19. The molecule has 1 N–H and O–H groups in total. The fourth-order valence-corrected chi connectivity index (χ4v) is 5.30. The first-order valence-corrected chi connectivity index (χ1v) is 15.1. The Hall–Kier alpha value is -3.86. The molecule has 3 aromatic carbocycles. The van der Waals surface area contributed by atoms with E-state index in [1.807, 2.05) is 35.4 Å².